The van der Waals surface area contributed by atoms with Crippen LogP contribution < -0.4 is 0 Å². The number of rotatable bonds is 12. The van der Waals surface area contributed by atoms with E-state index in [0.717, 1.165) is 51.7 Å². The monoisotopic (exact) mass is 405 g/mol. The summed E-state index contributed by atoms with van der Waals surface area (Å²) in [5.74, 6) is 1.21. The zero-order valence-electron chi connectivity index (χ0n) is 18.7. The van der Waals surface area contributed by atoms with Crippen molar-refractivity contribution in [3.63, 3.8) is 0 Å². The van der Waals surface area contributed by atoms with Crippen molar-refractivity contribution in [1.82, 2.24) is 4.90 Å². The summed E-state index contributed by atoms with van der Waals surface area (Å²) < 4.78 is 5.96. The van der Waals surface area contributed by atoms with Crippen LogP contribution in [0.3, 0.4) is 0 Å². The average molecular weight is 406 g/mol. The molecule has 0 radical (unpaired) electrons. The molecule has 2 fully saturated rings. The molecule has 1 saturated heterocycles. The largest absolute Gasteiger partial charge is 0.392 e. The first-order valence-electron chi connectivity index (χ1n) is 12.1. The van der Waals surface area contributed by atoms with Gasteiger partial charge in [0.1, 0.15) is 0 Å². The maximum Gasteiger partial charge on any atom is 0.0676 e. The van der Waals surface area contributed by atoms with Gasteiger partial charge in [0, 0.05) is 19.1 Å². The quantitative estimate of drug-likeness (QED) is 0.375. The minimum absolute atomic E-state index is 0.214. The third kappa shape index (κ3) is 6.92. The molecule has 0 unspecified atom stereocenters. The van der Waals surface area contributed by atoms with Crippen LogP contribution in [0.5, 0.6) is 0 Å². The Balaban J connectivity index is 1.37. The summed E-state index contributed by atoms with van der Waals surface area (Å²) in [5.41, 5.74) is 0.790. The van der Waals surface area contributed by atoms with Gasteiger partial charge in [-0.3, -0.25) is 0 Å². The molecule has 3 rings (SSSR count). The molecule has 0 spiro atoms. The Morgan fingerprint density at radius 3 is 2.83 bits per heavy atom. The minimum atomic E-state index is -0.628. The number of hydrogen-bond acceptors (Lipinski definition) is 4. The molecule has 5 atom stereocenters. The van der Waals surface area contributed by atoms with Gasteiger partial charge in [0.15, 0.2) is 0 Å². The van der Waals surface area contributed by atoms with Gasteiger partial charge in [0.05, 0.1) is 18.3 Å². The van der Waals surface area contributed by atoms with Gasteiger partial charge in [0.2, 0.25) is 0 Å². The summed E-state index contributed by atoms with van der Waals surface area (Å²) in [5, 5.41) is 21.0. The predicted molar refractivity (Wildman–Crippen MR) is 119 cm³/mol. The van der Waals surface area contributed by atoms with Crippen LogP contribution in [0.4, 0.5) is 0 Å². The maximum absolute atomic E-state index is 10.5. The molecule has 166 valence electrons. The lowest BCUT2D eigenvalue weighted by molar-refractivity contribution is 0.0513. The summed E-state index contributed by atoms with van der Waals surface area (Å²) in [6.07, 6.45) is 15.9. The van der Waals surface area contributed by atoms with Crippen LogP contribution in [-0.4, -0.2) is 59.7 Å². The van der Waals surface area contributed by atoms with Crippen molar-refractivity contribution in [3.8, 4) is 0 Å². The maximum atomic E-state index is 10.5. The van der Waals surface area contributed by atoms with Crippen molar-refractivity contribution in [3.05, 3.63) is 23.8 Å². The highest BCUT2D eigenvalue weighted by Crippen LogP contribution is 2.47. The minimum Gasteiger partial charge on any atom is -0.392 e. The van der Waals surface area contributed by atoms with Crippen molar-refractivity contribution in [2.24, 2.45) is 17.8 Å². The Labute approximate surface area is 178 Å². The van der Waals surface area contributed by atoms with Gasteiger partial charge in [-0.1, -0.05) is 38.0 Å². The standard InChI is InChI=1S/C25H43NO3/c1-3-4-10-25(2,28)11-7-9-22-23-17-20(16-21(23)18-24(22)27)19-29-15-8-14-26-12-5-6-13-26/h7,9,16,21-24,27-28H,3-6,8,10-15,17-19H2,1-2H3/b9-7+/t21-,22+,23-,24+,25-/m0/s1. The lowest BCUT2D eigenvalue weighted by Gasteiger charge is -2.22. The Morgan fingerprint density at radius 2 is 2.07 bits per heavy atom. The molecule has 2 aliphatic carbocycles. The highest BCUT2D eigenvalue weighted by atomic mass is 16.5. The molecule has 2 N–H and O–H groups in total. The fraction of sp³-hybridized carbons (Fsp3) is 0.840. The van der Waals surface area contributed by atoms with E-state index in [2.05, 4.69) is 30.1 Å². The zero-order valence-corrected chi connectivity index (χ0v) is 18.7. The molecule has 29 heavy (non-hydrogen) atoms. The molecule has 4 heteroatoms. The Morgan fingerprint density at radius 1 is 1.28 bits per heavy atom. The molecule has 0 aromatic rings. The first-order valence-corrected chi connectivity index (χ1v) is 12.1. The topological polar surface area (TPSA) is 52.9 Å². The molecule has 1 aliphatic heterocycles. The second-order valence-electron chi connectivity index (χ2n) is 9.92. The molecule has 1 heterocycles. The van der Waals surface area contributed by atoms with Gasteiger partial charge in [-0.05, 0) is 82.4 Å². The molecular formula is C25H43NO3. The zero-order chi connectivity index (χ0) is 20.7. The highest BCUT2D eigenvalue weighted by molar-refractivity contribution is 5.21. The number of nitrogens with zero attached hydrogens (tertiary/aromatic N) is 1. The van der Waals surface area contributed by atoms with Crippen molar-refractivity contribution in [2.45, 2.75) is 83.3 Å². The molecule has 3 aliphatic rings. The average Bonchev–Trinajstić information content (AvgIpc) is 3.38. The van der Waals surface area contributed by atoms with Crippen LogP contribution in [0.15, 0.2) is 23.8 Å². The number of allylic oxidation sites excluding steroid dienone is 1. The van der Waals surface area contributed by atoms with Crippen LogP contribution in [0.2, 0.25) is 0 Å². The third-order valence-electron chi connectivity index (χ3n) is 7.18. The van der Waals surface area contributed by atoms with Crippen LogP contribution >= 0.6 is 0 Å². The molecule has 0 aromatic heterocycles. The summed E-state index contributed by atoms with van der Waals surface area (Å²) in [6.45, 7) is 9.39. The molecule has 1 saturated carbocycles. The fourth-order valence-corrected chi connectivity index (χ4v) is 5.45. The normalized spacial score (nSPS) is 32.1. The second kappa shape index (κ2) is 11.1. The smallest absolute Gasteiger partial charge is 0.0676 e. The van der Waals surface area contributed by atoms with Crippen molar-refractivity contribution in [1.29, 1.82) is 0 Å². The van der Waals surface area contributed by atoms with E-state index in [9.17, 15) is 10.2 Å². The molecule has 0 bridgehead atoms. The number of likely N-dealkylation sites (tertiary alicyclic amines) is 1. The molecule has 0 amide bonds. The van der Waals surface area contributed by atoms with Gasteiger partial charge >= 0.3 is 0 Å². The van der Waals surface area contributed by atoms with E-state index in [1.165, 1.54) is 38.0 Å². The van der Waals surface area contributed by atoms with Gasteiger partial charge < -0.3 is 19.8 Å². The van der Waals surface area contributed by atoms with Crippen molar-refractivity contribution in [2.75, 3.05) is 32.8 Å². The molecular weight excluding hydrogens is 362 g/mol. The summed E-state index contributed by atoms with van der Waals surface area (Å²) in [4.78, 5) is 2.54. The van der Waals surface area contributed by atoms with E-state index in [4.69, 9.17) is 4.74 Å². The van der Waals surface area contributed by atoms with Gasteiger partial charge in [0.25, 0.3) is 0 Å². The summed E-state index contributed by atoms with van der Waals surface area (Å²) in [7, 11) is 0. The van der Waals surface area contributed by atoms with Gasteiger partial charge in [-0.25, -0.2) is 0 Å². The Kier molecular flexibility index (Phi) is 8.79. The van der Waals surface area contributed by atoms with Gasteiger partial charge in [-0.2, -0.15) is 0 Å². The van der Waals surface area contributed by atoms with Crippen molar-refractivity contribution >= 4 is 0 Å². The van der Waals surface area contributed by atoms with E-state index in [-0.39, 0.29) is 12.0 Å². The third-order valence-corrected chi connectivity index (χ3v) is 7.18. The lowest BCUT2D eigenvalue weighted by atomic mass is 9.88. The van der Waals surface area contributed by atoms with Crippen LogP contribution in [0, 0.1) is 17.8 Å². The van der Waals surface area contributed by atoms with E-state index < -0.39 is 5.60 Å². The predicted octanol–water partition coefficient (Wildman–Crippen LogP) is 4.32. The van der Waals surface area contributed by atoms with Crippen LogP contribution in [-0.2, 0) is 4.74 Å². The number of aliphatic hydroxyl groups is 2. The first kappa shape index (κ1) is 23.0. The summed E-state index contributed by atoms with van der Waals surface area (Å²) >= 11 is 0. The van der Waals surface area contributed by atoms with Crippen LogP contribution in [0.25, 0.3) is 0 Å². The van der Waals surface area contributed by atoms with Crippen molar-refractivity contribution < 1.29 is 14.9 Å². The van der Waals surface area contributed by atoms with E-state index in [1.807, 2.05) is 6.92 Å². The number of hydrogen-bond donors (Lipinski definition) is 2. The Bertz CT molecular complexity index is 550. The fourth-order valence-electron chi connectivity index (χ4n) is 5.45. The lowest BCUT2D eigenvalue weighted by Crippen LogP contribution is -2.23. The van der Waals surface area contributed by atoms with Gasteiger partial charge in [-0.15, -0.1) is 0 Å². The van der Waals surface area contributed by atoms with E-state index >= 15 is 0 Å². The highest BCUT2D eigenvalue weighted by Gasteiger charge is 2.43. The van der Waals surface area contributed by atoms with E-state index in [0.29, 0.717) is 18.3 Å². The second-order valence-corrected chi connectivity index (χ2v) is 9.92. The Hall–Kier alpha value is -0.680. The molecule has 4 nitrogen and oxygen atoms in total. The van der Waals surface area contributed by atoms with E-state index in [1.54, 1.807) is 0 Å². The number of unbranched alkanes of at least 4 members (excludes halogenated alkanes) is 1. The SMILES string of the molecule is CCCC[C@](C)(O)C/C=C/[C@@H]1[C@H]2CC(COCCCN3CCCC3)=C[C@H]2C[C@H]1O. The number of ether oxygens (including phenoxy) is 1. The van der Waals surface area contributed by atoms with Crippen LogP contribution in [0.1, 0.15) is 71.6 Å². The first-order chi connectivity index (χ1) is 14.0. The molecule has 0 aromatic carbocycles. The summed E-state index contributed by atoms with van der Waals surface area (Å²) in [6, 6.07) is 0. The number of aliphatic hydroxyl groups excluding tert-OH is 1. The number of fused-ring (bicyclic) bond motifs is 1.